The van der Waals surface area contributed by atoms with Crippen molar-refractivity contribution in [3.05, 3.63) is 148 Å². The molecule has 6 aromatic rings. The second-order valence-electron chi connectivity index (χ2n) is 15.1. The molecule has 0 aliphatic carbocycles. The first-order chi connectivity index (χ1) is 32.5. The molecule has 0 saturated carbocycles. The Morgan fingerprint density at radius 2 is 1.45 bits per heavy atom. The number of anilines is 2. The first-order valence-electron chi connectivity index (χ1n) is 21.5. The summed E-state index contributed by atoms with van der Waals surface area (Å²) in [5.41, 5.74) is 4.78. The van der Waals surface area contributed by atoms with Gasteiger partial charge in [-0.05, 0) is 96.6 Å². The number of amides is 2. The quantitative estimate of drug-likeness (QED) is 0.0684. The van der Waals surface area contributed by atoms with Crippen LogP contribution in [0.2, 0.25) is 0 Å². The molecule has 0 saturated heterocycles. The van der Waals surface area contributed by atoms with Crippen LogP contribution in [0.1, 0.15) is 96.6 Å². The van der Waals surface area contributed by atoms with Crippen molar-refractivity contribution in [3.8, 4) is 28.0 Å². The standard InChI is InChI=1S/C47H42F2N12O4.C2H6.2H2/c1-27-7-8-30(22-54-27)29-12-14-40-35(19-29)47(63)58-41-6-2-4-37(56-41)45(53)61(26-51)39(5-3-16-65-40)33-20-38-44(52)60(25-50)15-17-64-24-32-10-9-28(31-11-13-36(43(48)49)55-23-31)18-34(32)46(62)59-42(21-33)57-38;1-2;;/h2,4,6-14,18-23,25-26,39,43,50-53H,3,5,15-17,24H2,1H3,(H,56,58,63)(H,57,59,62);1-2H3;2*1H/t39-;;;/m0.../s1. The van der Waals surface area contributed by atoms with Gasteiger partial charge >= 0.3 is 0 Å². The highest BCUT2D eigenvalue weighted by Gasteiger charge is 2.28. The number of fused-ring (bicyclic) bond motifs is 6. The fourth-order valence-corrected chi connectivity index (χ4v) is 7.48. The van der Waals surface area contributed by atoms with E-state index in [1.807, 2.05) is 39.0 Å². The van der Waals surface area contributed by atoms with E-state index in [1.54, 1.807) is 66.9 Å². The van der Waals surface area contributed by atoms with E-state index in [4.69, 9.17) is 25.7 Å². The number of aromatic nitrogens is 4. The number of halogens is 2. The van der Waals surface area contributed by atoms with Crippen LogP contribution in [-0.2, 0) is 11.3 Å². The number of pyridine rings is 4. The number of hydrogen-bond acceptors (Lipinski definition) is 12. The van der Waals surface area contributed by atoms with E-state index in [1.165, 1.54) is 28.1 Å². The number of nitrogens with one attached hydrogen (secondary N) is 6. The lowest BCUT2D eigenvalue weighted by atomic mass is 9.98. The fraction of sp³-hybridized carbons (Fsp3) is 0.224. The van der Waals surface area contributed by atoms with Crippen LogP contribution in [0, 0.1) is 28.6 Å². The third-order valence-corrected chi connectivity index (χ3v) is 10.9. The van der Waals surface area contributed by atoms with Gasteiger partial charge in [-0.15, -0.1) is 0 Å². The average molecular weight is 911 g/mol. The molecule has 0 spiro atoms. The van der Waals surface area contributed by atoms with Crippen LogP contribution in [0.4, 0.5) is 20.4 Å². The van der Waals surface area contributed by atoms with Crippen LogP contribution in [0.3, 0.4) is 0 Å². The molecule has 346 valence electrons. The zero-order valence-corrected chi connectivity index (χ0v) is 36.9. The van der Waals surface area contributed by atoms with Crippen molar-refractivity contribution in [2.24, 2.45) is 0 Å². The summed E-state index contributed by atoms with van der Waals surface area (Å²) in [5, 5.41) is 41.0. The predicted octanol–water partition coefficient (Wildman–Crippen LogP) is 9.78. The van der Waals surface area contributed by atoms with Gasteiger partial charge < -0.3 is 29.9 Å². The number of hydrogen-bond donors (Lipinski definition) is 6. The van der Waals surface area contributed by atoms with E-state index < -0.39 is 24.3 Å². The molecule has 0 fully saturated rings. The zero-order chi connectivity index (χ0) is 47.6. The van der Waals surface area contributed by atoms with Gasteiger partial charge in [0.15, 0.2) is 11.7 Å². The van der Waals surface area contributed by atoms with Crippen LogP contribution in [0.5, 0.6) is 5.75 Å². The van der Waals surface area contributed by atoms with Crippen molar-refractivity contribution in [1.29, 1.82) is 21.6 Å². The maximum absolute atomic E-state index is 14.3. The summed E-state index contributed by atoms with van der Waals surface area (Å²) in [5.74, 6) is -0.856. The molecular weight excluding hydrogens is 859 g/mol. The van der Waals surface area contributed by atoms with Crippen LogP contribution in [-0.4, -0.2) is 85.7 Å². The molecule has 67 heavy (non-hydrogen) atoms. The Morgan fingerprint density at radius 3 is 2.15 bits per heavy atom. The molecule has 4 aromatic heterocycles. The fourth-order valence-electron chi connectivity index (χ4n) is 7.48. The van der Waals surface area contributed by atoms with Crippen molar-refractivity contribution in [1.82, 2.24) is 29.7 Å². The van der Waals surface area contributed by atoms with E-state index in [2.05, 4.69) is 30.6 Å². The van der Waals surface area contributed by atoms with Gasteiger partial charge in [-0.1, -0.05) is 50.2 Å². The Morgan fingerprint density at radius 1 is 0.761 bits per heavy atom. The highest BCUT2D eigenvalue weighted by Crippen LogP contribution is 2.33. The lowest BCUT2D eigenvalue weighted by Crippen LogP contribution is -2.36. The number of carbonyl (C=O) groups is 2. The van der Waals surface area contributed by atoms with Gasteiger partial charge in [-0.25, -0.2) is 18.7 Å². The van der Waals surface area contributed by atoms with Crippen LogP contribution < -0.4 is 15.4 Å². The lowest BCUT2D eigenvalue weighted by molar-refractivity contribution is 0.0999. The van der Waals surface area contributed by atoms with Crippen LogP contribution >= 0.6 is 0 Å². The Bertz CT molecular complexity index is 2840. The van der Waals surface area contributed by atoms with Crippen LogP contribution in [0.25, 0.3) is 22.3 Å². The average Bonchev–Trinajstić information content (AvgIpc) is 3.35. The number of aryl methyl sites for hydroxylation is 1. The Balaban J connectivity index is 0.00000219. The smallest absolute Gasteiger partial charge is 0.280 e. The van der Waals surface area contributed by atoms with Crippen LogP contribution in [0.15, 0.2) is 103 Å². The minimum Gasteiger partial charge on any atom is -0.493 e. The summed E-state index contributed by atoms with van der Waals surface area (Å²) in [7, 11) is 0. The molecule has 2 aromatic carbocycles. The van der Waals surface area contributed by atoms with Crippen molar-refractivity contribution < 1.29 is 30.7 Å². The molecule has 0 unspecified atom stereocenters. The maximum Gasteiger partial charge on any atom is 0.280 e. The van der Waals surface area contributed by atoms with Gasteiger partial charge in [0.1, 0.15) is 34.5 Å². The van der Waals surface area contributed by atoms with E-state index >= 15 is 0 Å². The third kappa shape index (κ3) is 10.7. The molecule has 6 N–H and O–H groups in total. The number of benzene rings is 2. The maximum atomic E-state index is 14.3. The molecule has 6 heterocycles. The molecule has 0 radical (unpaired) electrons. The number of rotatable bonds is 6. The largest absolute Gasteiger partial charge is 0.493 e. The molecule has 2 amide bonds. The number of carbonyl (C=O) groups excluding carboxylic acids is 2. The van der Waals surface area contributed by atoms with E-state index in [-0.39, 0.29) is 87.2 Å². The zero-order valence-electron chi connectivity index (χ0n) is 36.9. The highest BCUT2D eigenvalue weighted by molar-refractivity contribution is 6.08. The lowest BCUT2D eigenvalue weighted by Gasteiger charge is -2.31. The van der Waals surface area contributed by atoms with Gasteiger partial charge in [-0.2, -0.15) is 0 Å². The highest BCUT2D eigenvalue weighted by atomic mass is 19.3. The predicted molar refractivity (Wildman–Crippen MR) is 256 cm³/mol. The van der Waals surface area contributed by atoms with Crippen molar-refractivity contribution >= 4 is 47.8 Å². The molecule has 2 aliphatic rings. The number of ether oxygens (including phenoxy) is 2. The second kappa shape index (κ2) is 21.2. The Kier molecular flexibility index (Phi) is 14.9. The number of alkyl halides is 2. The van der Waals surface area contributed by atoms with E-state index in [9.17, 15) is 23.8 Å². The summed E-state index contributed by atoms with van der Waals surface area (Å²) >= 11 is 0. The van der Waals surface area contributed by atoms with Crippen molar-refractivity contribution in [2.45, 2.75) is 52.7 Å². The van der Waals surface area contributed by atoms with Gasteiger partial charge in [0.05, 0.1) is 44.1 Å². The van der Waals surface area contributed by atoms with Gasteiger partial charge in [0.25, 0.3) is 18.2 Å². The minimum atomic E-state index is -2.74. The molecule has 8 rings (SSSR count). The Hall–Kier alpha value is -8.12. The minimum absolute atomic E-state index is 0. The Labute approximate surface area is 388 Å². The van der Waals surface area contributed by atoms with Crippen molar-refractivity contribution in [2.75, 3.05) is 30.4 Å². The normalized spacial score (nSPS) is 15.6. The summed E-state index contributed by atoms with van der Waals surface area (Å²) < 4.78 is 38.8. The monoisotopic (exact) mass is 910 g/mol. The summed E-state index contributed by atoms with van der Waals surface area (Å²) in [6.45, 7) is 6.20. The molecule has 16 nitrogen and oxygen atoms in total. The first kappa shape index (κ1) is 46.9. The van der Waals surface area contributed by atoms with Gasteiger partial charge in [0, 0.05) is 44.2 Å². The number of amidine groups is 2. The second-order valence-corrected chi connectivity index (χ2v) is 15.1. The topological polar surface area (TPSA) is 230 Å². The molecule has 18 heteroatoms. The molecule has 4 bridgehead atoms. The van der Waals surface area contributed by atoms with E-state index in [0.717, 1.165) is 29.5 Å². The summed E-state index contributed by atoms with van der Waals surface area (Å²) in [6.07, 6.45) is 2.91. The molecule has 1 atom stereocenters. The SMILES string of the molecule is CC.Cc1ccc(-c2ccc3c(c2)C(=O)Nc2cccc(n2)C(=N)N(C=N)[C@H](c2cc4nc(c2)C(=N)N(C=N)CCOCc2ccc(-c5ccc(C(F)F)nc5)cc2C(=O)N4)CCCO3)cn1.[HH].[HH]. The number of nitrogens with zero attached hydrogens (tertiary/aromatic N) is 6. The molecular formula is C49H52F2N12O4. The van der Waals surface area contributed by atoms with E-state index in [0.29, 0.717) is 34.4 Å². The summed E-state index contributed by atoms with van der Waals surface area (Å²) in [4.78, 5) is 48.4. The van der Waals surface area contributed by atoms with Gasteiger partial charge in [0.2, 0.25) is 0 Å². The summed E-state index contributed by atoms with van der Waals surface area (Å²) in [6, 6.07) is 24.2. The van der Waals surface area contributed by atoms with Gasteiger partial charge in [-0.3, -0.25) is 41.2 Å². The first-order valence-corrected chi connectivity index (χ1v) is 21.5. The third-order valence-electron chi connectivity index (χ3n) is 10.9. The molecule has 2 aliphatic heterocycles. The van der Waals surface area contributed by atoms with Crippen molar-refractivity contribution in [3.63, 3.8) is 0 Å².